The molecule has 1 aromatic rings. The minimum Gasteiger partial charge on any atom is -0.348 e. The van der Waals surface area contributed by atoms with Gasteiger partial charge in [-0.15, -0.1) is 0 Å². The fourth-order valence-electron chi connectivity index (χ4n) is 1.47. The number of nitrogens with zero attached hydrogens (tertiary/aromatic N) is 1. The Kier molecular flexibility index (Phi) is 6.91. The van der Waals surface area contributed by atoms with Crippen LogP contribution in [0.5, 0.6) is 0 Å². The van der Waals surface area contributed by atoms with Crippen LogP contribution in [0.1, 0.15) is 29.4 Å². The summed E-state index contributed by atoms with van der Waals surface area (Å²) in [6.45, 7) is 2.17. The van der Waals surface area contributed by atoms with Crippen molar-refractivity contribution >= 4 is 16.7 Å². The topological polar surface area (TPSA) is 85.1 Å². The van der Waals surface area contributed by atoms with Gasteiger partial charge in [0, 0.05) is 40.6 Å². The molecule has 1 amide bonds. The monoisotopic (exact) mass is 293 g/mol. The smallest absolute Gasteiger partial charge is 0.270 e. The average Bonchev–Trinajstić information content (AvgIpc) is 2.43. The Morgan fingerprint density at radius 1 is 1.55 bits per heavy atom. The van der Waals surface area contributed by atoms with E-state index >= 15 is 0 Å². The van der Waals surface area contributed by atoms with Gasteiger partial charge in [0.25, 0.3) is 5.91 Å². The number of aromatic nitrogens is 1. The van der Waals surface area contributed by atoms with E-state index in [0.717, 1.165) is 5.56 Å². The molecule has 2 unspecified atom stereocenters. The summed E-state index contributed by atoms with van der Waals surface area (Å²) in [6, 6.07) is 3.32. The van der Waals surface area contributed by atoms with E-state index < -0.39 is 10.8 Å². The molecule has 0 saturated heterocycles. The Morgan fingerprint density at radius 3 is 2.85 bits per heavy atom. The standard InChI is InChI=1S/C14H19N3O2S/c1-11(7-9-20(2)19)17-14(18)13-6-5-12(10-16-13)4-3-8-15/h5-6,10-11H,7-9,15H2,1-2H3,(H,17,18). The highest BCUT2D eigenvalue weighted by Crippen LogP contribution is 2.01. The Hall–Kier alpha value is -1.71. The van der Waals surface area contributed by atoms with E-state index in [4.69, 9.17) is 5.73 Å². The molecule has 6 heteroatoms. The van der Waals surface area contributed by atoms with Crippen molar-refractivity contribution in [2.75, 3.05) is 18.6 Å². The first kappa shape index (κ1) is 16.3. The van der Waals surface area contributed by atoms with Gasteiger partial charge in [-0.25, -0.2) is 4.98 Å². The van der Waals surface area contributed by atoms with Crippen molar-refractivity contribution in [2.45, 2.75) is 19.4 Å². The van der Waals surface area contributed by atoms with Crippen LogP contribution in [0.4, 0.5) is 0 Å². The molecule has 3 N–H and O–H groups in total. The molecule has 5 nitrogen and oxygen atoms in total. The lowest BCUT2D eigenvalue weighted by Gasteiger charge is -2.12. The van der Waals surface area contributed by atoms with Crippen LogP contribution in [0.3, 0.4) is 0 Å². The fourth-order valence-corrected chi connectivity index (χ4v) is 2.15. The lowest BCUT2D eigenvalue weighted by molar-refractivity contribution is 0.0934. The van der Waals surface area contributed by atoms with E-state index in [2.05, 4.69) is 22.1 Å². The van der Waals surface area contributed by atoms with Crippen molar-refractivity contribution in [3.63, 3.8) is 0 Å². The highest BCUT2D eigenvalue weighted by atomic mass is 32.2. The lowest BCUT2D eigenvalue weighted by Crippen LogP contribution is -2.34. The fraction of sp³-hybridized carbons (Fsp3) is 0.429. The molecule has 0 aromatic carbocycles. The van der Waals surface area contributed by atoms with Crippen molar-refractivity contribution in [1.29, 1.82) is 0 Å². The van der Waals surface area contributed by atoms with Gasteiger partial charge in [-0.2, -0.15) is 0 Å². The highest BCUT2D eigenvalue weighted by Gasteiger charge is 2.11. The summed E-state index contributed by atoms with van der Waals surface area (Å²) in [6.07, 6.45) is 3.87. The van der Waals surface area contributed by atoms with Crippen molar-refractivity contribution in [2.24, 2.45) is 5.73 Å². The first-order chi connectivity index (χ1) is 9.52. The van der Waals surface area contributed by atoms with Crippen LogP contribution in [0.15, 0.2) is 18.3 Å². The normalized spacial score (nSPS) is 12.9. The second kappa shape index (κ2) is 8.46. The molecule has 0 aliphatic heterocycles. The van der Waals surface area contributed by atoms with Crippen LogP contribution in [0.25, 0.3) is 0 Å². The number of nitrogens with one attached hydrogen (secondary N) is 1. The van der Waals surface area contributed by atoms with Gasteiger partial charge in [0.2, 0.25) is 0 Å². The van der Waals surface area contributed by atoms with E-state index in [1.807, 2.05) is 6.92 Å². The number of hydrogen-bond acceptors (Lipinski definition) is 4. The van der Waals surface area contributed by atoms with Crippen molar-refractivity contribution < 1.29 is 9.00 Å². The van der Waals surface area contributed by atoms with Gasteiger partial charge < -0.3 is 11.1 Å². The molecule has 1 rings (SSSR count). The largest absolute Gasteiger partial charge is 0.348 e. The number of carbonyl (C=O) groups excluding carboxylic acids is 1. The number of carbonyl (C=O) groups is 1. The molecule has 1 heterocycles. The van der Waals surface area contributed by atoms with E-state index in [1.165, 1.54) is 0 Å². The second-order valence-corrected chi connectivity index (χ2v) is 5.93. The van der Waals surface area contributed by atoms with Gasteiger partial charge in [-0.3, -0.25) is 9.00 Å². The summed E-state index contributed by atoms with van der Waals surface area (Å²) in [5.41, 5.74) is 6.34. The number of nitrogens with two attached hydrogens (primary N) is 1. The van der Waals surface area contributed by atoms with E-state index in [-0.39, 0.29) is 11.9 Å². The molecule has 0 fully saturated rings. The summed E-state index contributed by atoms with van der Waals surface area (Å²) in [5.74, 6) is 5.90. The Morgan fingerprint density at radius 2 is 2.30 bits per heavy atom. The third-order valence-electron chi connectivity index (χ3n) is 2.55. The Balaban J connectivity index is 2.57. The zero-order valence-electron chi connectivity index (χ0n) is 11.7. The van der Waals surface area contributed by atoms with Crippen molar-refractivity contribution in [3.05, 3.63) is 29.6 Å². The molecule has 2 atom stereocenters. The van der Waals surface area contributed by atoms with Crippen LogP contribution in [0.2, 0.25) is 0 Å². The van der Waals surface area contributed by atoms with Gasteiger partial charge in [0.1, 0.15) is 5.69 Å². The van der Waals surface area contributed by atoms with Crippen molar-refractivity contribution in [1.82, 2.24) is 10.3 Å². The quantitative estimate of drug-likeness (QED) is 0.764. The first-order valence-corrected chi connectivity index (χ1v) is 8.01. The molecule has 0 saturated carbocycles. The zero-order chi connectivity index (χ0) is 15.0. The van der Waals surface area contributed by atoms with Crippen LogP contribution in [-0.2, 0) is 10.8 Å². The molecular formula is C14H19N3O2S. The molecule has 108 valence electrons. The third-order valence-corrected chi connectivity index (χ3v) is 3.36. The second-order valence-electron chi connectivity index (χ2n) is 4.38. The van der Waals surface area contributed by atoms with Gasteiger partial charge >= 0.3 is 0 Å². The molecule has 0 spiro atoms. The van der Waals surface area contributed by atoms with Crippen LogP contribution >= 0.6 is 0 Å². The minimum absolute atomic E-state index is 0.0371. The summed E-state index contributed by atoms with van der Waals surface area (Å²) < 4.78 is 11.0. The maximum Gasteiger partial charge on any atom is 0.270 e. The van der Waals surface area contributed by atoms with Gasteiger partial charge in [-0.05, 0) is 25.5 Å². The Bertz CT molecular complexity index is 532. The van der Waals surface area contributed by atoms with Gasteiger partial charge in [0.05, 0.1) is 6.54 Å². The summed E-state index contributed by atoms with van der Waals surface area (Å²) in [4.78, 5) is 16.0. The molecular weight excluding hydrogens is 274 g/mol. The number of hydrogen-bond donors (Lipinski definition) is 2. The predicted molar refractivity (Wildman–Crippen MR) is 80.6 cm³/mol. The number of amides is 1. The molecule has 0 bridgehead atoms. The van der Waals surface area contributed by atoms with Gasteiger partial charge in [0.15, 0.2) is 0 Å². The zero-order valence-corrected chi connectivity index (χ0v) is 12.5. The maximum absolute atomic E-state index is 11.9. The maximum atomic E-state index is 11.9. The average molecular weight is 293 g/mol. The van der Waals surface area contributed by atoms with Crippen LogP contribution in [-0.4, -0.2) is 39.7 Å². The molecule has 20 heavy (non-hydrogen) atoms. The first-order valence-electron chi connectivity index (χ1n) is 6.28. The lowest BCUT2D eigenvalue weighted by atomic mass is 10.2. The minimum atomic E-state index is -0.844. The molecule has 0 aliphatic rings. The number of pyridine rings is 1. The summed E-state index contributed by atoms with van der Waals surface area (Å²) >= 11 is 0. The summed E-state index contributed by atoms with van der Waals surface area (Å²) in [7, 11) is -0.844. The van der Waals surface area contributed by atoms with Crippen LogP contribution in [0, 0.1) is 11.8 Å². The van der Waals surface area contributed by atoms with E-state index in [1.54, 1.807) is 24.6 Å². The van der Waals surface area contributed by atoms with E-state index in [9.17, 15) is 9.00 Å². The van der Waals surface area contributed by atoms with Crippen LogP contribution < -0.4 is 11.1 Å². The van der Waals surface area contributed by atoms with Crippen molar-refractivity contribution in [3.8, 4) is 11.8 Å². The van der Waals surface area contributed by atoms with Gasteiger partial charge in [-0.1, -0.05) is 11.8 Å². The molecule has 0 aliphatic carbocycles. The third kappa shape index (κ3) is 5.95. The molecule has 0 radical (unpaired) electrons. The van der Waals surface area contributed by atoms with E-state index in [0.29, 0.717) is 24.4 Å². The predicted octanol–water partition coefficient (Wildman–Crippen LogP) is 0.279. The number of rotatable bonds is 5. The Labute approximate surface area is 121 Å². The highest BCUT2D eigenvalue weighted by molar-refractivity contribution is 7.84. The summed E-state index contributed by atoms with van der Waals surface area (Å²) in [5, 5.41) is 2.82. The molecule has 1 aromatic heterocycles. The SMILES string of the molecule is CC(CCS(C)=O)NC(=O)c1ccc(C#CCN)cn1.